The van der Waals surface area contributed by atoms with Crippen LogP contribution in [0.25, 0.3) is 11.1 Å². The number of para-hydroxylation sites is 2. The van der Waals surface area contributed by atoms with Gasteiger partial charge < -0.3 is 14.5 Å². The highest BCUT2D eigenvalue weighted by molar-refractivity contribution is 7.99. The molecule has 2 N–H and O–H groups in total. The number of methoxy groups -OCH3 is 1. The van der Waals surface area contributed by atoms with Gasteiger partial charge in [-0.2, -0.15) is 5.26 Å². The average molecular weight is 529 g/mol. The molecule has 4 rings (SSSR count). The first kappa shape index (κ1) is 24.4. The van der Waals surface area contributed by atoms with Gasteiger partial charge in [-0.05, 0) is 48.5 Å². The molecule has 35 heavy (non-hydrogen) atoms. The van der Waals surface area contributed by atoms with Gasteiger partial charge in [0.25, 0.3) is 15.2 Å². The number of carbonyl (C=O) groups excluding carboxylic acids is 1. The number of thioether (sulfide) groups is 1. The molecular formula is C23H17ClN4O5S2. The molecule has 9 nitrogen and oxygen atoms in total. The highest BCUT2D eigenvalue weighted by Gasteiger charge is 2.19. The van der Waals surface area contributed by atoms with Crippen molar-refractivity contribution in [1.82, 2.24) is 4.98 Å². The number of hydrogen-bond donors (Lipinski definition) is 2. The molecule has 0 saturated carbocycles. The second-order valence-corrected chi connectivity index (χ2v) is 10.1. The molecule has 0 aliphatic carbocycles. The number of benzene rings is 3. The second-order valence-electron chi connectivity index (χ2n) is 7.06. The molecule has 4 aromatic rings. The lowest BCUT2D eigenvalue weighted by Crippen LogP contribution is -2.14. The van der Waals surface area contributed by atoms with Crippen LogP contribution in [0.1, 0.15) is 5.56 Å². The average Bonchev–Trinajstić information content (AvgIpc) is 3.25. The van der Waals surface area contributed by atoms with Crippen LogP contribution in [-0.4, -0.2) is 32.2 Å². The van der Waals surface area contributed by atoms with E-state index in [1.165, 1.54) is 37.4 Å². The minimum atomic E-state index is -3.91. The summed E-state index contributed by atoms with van der Waals surface area (Å²) in [5, 5.41) is 12.1. The fraction of sp³-hybridized carbons (Fsp3) is 0.0870. The van der Waals surface area contributed by atoms with Crippen LogP contribution in [0.2, 0.25) is 5.02 Å². The van der Waals surface area contributed by atoms with Gasteiger partial charge in [0.2, 0.25) is 5.91 Å². The van der Waals surface area contributed by atoms with Gasteiger partial charge in [-0.1, -0.05) is 35.5 Å². The number of anilines is 2. The number of nitrogens with one attached hydrogen (secondary N) is 2. The van der Waals surface area contributed by atoms with Crippen LogP contribution in [0.15, 0.2) is 75.2 Å². The summed E-state index contributed by atoms with van der Waals surface area (Å²) in [5.41, 5.74) is 1.78. The van der Waals surface area contributed by atoms with Crippen LogP contribution in [0.4, 0.5) is 11.4 Å². The first-order chi connectivity index (χ1) is 16.8. The Labute approximate surface area is 210 Å². The van der Waals surface area contributed by atoms with E-state index in [0.29, 0.717) is 33.8 Å². The summed E-state index contributed by atoms with van der Waals surface area (Å²) in [7, 11) is -2.46. The van der Waals surface area contributed by atoms with Crippen molar-refractivity contribution in [3.63, 3.8) is 0 Å². The van der Waals surface area contributed by atoms with Gasteiger partial charge in [0.05, 0.1) is 34.0 Å². The monoisotopic (exact) mass is 528 g/mol. The van der Waals surface area contributed by atoms with Crippen LogP contribution in [0.5, 0.6) is 5.75 Å². The van der Waals surface area contributed by atoms with Crippen molar-refractivity contribution < 1.29 is 22.4 Å². The molecule has 0 fully saturated rings. The third-order valence-electron chi connectivity index (χ3n) is 4.70. The second kappa shape index (κ2) is 10.3. The minimum Gasteiger partial charge on any atom is -0.495 e. The summed E-state index contributed by atoms with van der Waals surface area (Å²) in [6.45, 7) is 0. The van der Waals surface area contributed by atoms with Gasteiger partial charge in [-0.15, -0.1) is 0 Å². The normalized spacial score (nSPS) is 11.1. The largest absolute Gasteiger partial charge is 0.495 e. The number of oxazole rings is 1. The predicted molar refractivity (Wildman–Crippen MR) is 133 cm³/mol. The number of amides is 1. The quantitative estimate of drug-likeness (QED) is 0.308. The maximum Gasteiger partial charge on any atom is 0.262 e. The summed E-state index contributed by atoms with van der Waals surface area (Å²) >= 11 is 7.03. The number of halogens is 1. The standard InChI is InChI=1S/C23H17ClN4O5S2/c1-32-20-5-3-2-4-18(20)28-35(30,31)16-8-9-21-19(11-16)27-23(33-21)34-13-22(29)26-15-7-6-14(12-25)17(24)10-15/h2-11,28H,13H2,1H3,(H,26,29). The van der Waals surface area contributed by atoms with Gasteiger partial charge in [-0.25, -0.2) is 13.4 Å². The Bertz CT molecular complexity index is 1560. The van der Waals surface area contributed by atoms with E-state index in [2.05, 4.69) is 15.0 Å². The van der Waals surface area contributed by atoms with Crippen molar-refractivity contribution in [2.75, 3.05) is 22.9 Å². The number of nitrogens with zero attached hydrogens (tertiary/aromatic N) is 2. The van der Waals surface area contributed by atoms with Crippen molar-refractivity contribution >= 4 is 61.8 Å². The van der Waals surface area contributed by atoms with Gasteiger partial charge >= 0.3 is 0 Å². The topological polar surface area (TPSA) is 134 Å². The SMILES string of the molecule is COc1ccccc1NS(=O)(=O)c1ccc2oc(SCC(=O)Nc3ccc(C#N)c(Cl)c3)nc2c1. The fourth-order valence-electron chi connectivity index (χ4n) is 3.06. The Morgan fingerprint density at radius 3 is 2.74 bits per heavy atom. The minimum absolute atomic E-state index is 0.00352. The highest BCUT2D eigenvalue weighted by Crippen LogP contribution is 2.29. The van der Waals surface area contributed by atoms with E-state index in [9.17, 15) is 13.2 Å². The fourth-order valence-corrected chi connectivity index (χ4v) is 5.01. The smallest absolute Gasteiger partial charge is 0.262 e. The molecule has 0 unspecified atom stereocenters. The summed E-state index contributed by atoms with van der Waals surface area (Å²) in [5.74, 6) is 0.0476. The Kier molecular flexibility index (Phi) is 7.16. The molecule has 1 amide bonds. The third-order valence-corrected chi connectivity index (χ3v) is 7.21. The number of aromatic nitrogens is 1. The number of rotatable bonds is 8. The van der Waals surface area contributed by atoms with Crippen LogP contribution < -0.4 is 14.8 Å². The zero-order chi connectivity index (χ0) is 25.0. The molecular weight excluding hydrogens is 512 g/mol. The van der Waals surface area contributed by atoms with Gasteiger partial charge in [-0.3, -0.25) is 9.52 Å². The van der Waals surface area contributed by atoms with E-state index in [-0.39, 0.29) is 26.8 Å². The maximum atomic E-state index is 12.9. The summed E-state index contributed by atoms with van der Waals surface area (Å²) in [4.78, 5) is 16.6. The number of nitriles is 1. The number of sulfonamides is 1. The molecule has 3 aromatic carbocycles. The predicted octanol–water partition coefficient (Wildman–Crippen LogP) is 4.89. The summed E-state index contributed by atoms with van der Waals surface area (Å²) < 4.78 is 39.0. The zero-order valence-electron chi connectivity index (χ0n) is 18.1. The van der Waals surface area contributed by atoms with Crippen LogP contribution in [-0.2, 0) is 14.8 Å². The van der Waals surface area contributed by atoms with Crippen molar-refractivity contribution in [2.45, 2.75) is 10.1 Å². The molecule has 0 saturated heterocycles. The van der Waals surface area contributed by atoms with E-state index >= 15 is 0 Å². The number of hydrogen-bond acceptors (Lipinski definition) is 8. The lowest BCUT2D eigenvalue weighted by Gasteiger charge is -2.11. The molecule has 0 spiro atoms. The van der Waals surface area contributed by atoms with Crippen molar-refractivity contribution in [1.29, 1.82) is 5.26 Å². The Hall–Kier alpha value is -3.72. The highest BCUT2D eigenvalue weighted by atomic mass is 35.5. The summed E-state index contributed by atoms with van der Waals surface area (Å²) in [6, 6.07) is 17.5. The number of ether oxygens (including phenoxy) is 1. The van der Waals surface area contributed by atoms with Crippen molar-refractivity contribution in [2.24, 2.45) is 0 Å². The van der Waals surface area contributed by atoms with Crippen molar-refractivity contribution in [3.05, 3.63) is 71.2 Å². The molecule has 1 aromatic heterocycles. The zero-order valence-corrected chi connectivity index (χ0v) is 20.5. The number of fused-ring (bicyclic) bond motifs is 1. The number of carbonyl (C=O) groups is 1. The van der Waals surface area contributed by atoms with Crippen LogP contribution >= 0.6 is 23.4 Å². The van der Waals surface area contributed by atoms with E-state index < -0.39 is 10.0 Å². The molecule has 0 atom stereocenters. The third kappa shape index (κ3) is 5.68. The Morgan fingerprint density at radius 2 is 2.00 bits per heavy atom. The molecule has 0 bridgehead atoms. The van der Waals surface area contributed by atoms with Crippen molar-refractivity contribution in [3.8, 4) is 11.8 Å². The molecule has 0 aliphatic heterocycles. The molecule has 0 radical (unpaired) electrons. The van der Waals surface area contributed by atoms with Gasteiger partial charge in [0.15, 0.2) is 5.58 Å². The van der Waals surface area contributed by atoms with E-state index in [4.69, 9.17) is 26.0 Å². The first-order valence-electron chi connectivity index (χ1n) is 9.98. The Balaban J connectivity index is 1.44. The van der Waals surface area contributed by atoms with Crippen LogP contribution in [0.3, 0.4) is 0 Å². The molecule has 178 valence electrons. The molecule has 0 aliphatic rings. The lowest BCUT2D eigenvalue weighted by molar-refractivity contribution is -0.113. The van der Waals surface area contributed by atoms with E-state index in [1.807, 2.05) is 6.07 Å². The lowest BCUT2D eigenvalue weighted by atomic mass is 10.2. The van der Waals surface area contributed by atoms with Crippen LogP contribution in [0, 0.1) is 11.3 Å². The molecule has 12 heteroatoms. The maximum absolute atomic E-state index is 12.9. The van der Waals surface area contributed by atoms with E-state index in [0.717, 1.165) is 11.8 Å². The first-order valence-corrected chi connectivity index (χ1v) is 12.8. The summed E-state index contributed by atoms with van der Waals surface area (Å²) in [6.07, 6.45) is 0. The molecule has 1 heterocycles. The van der Waals surface area contributed by atoms with E-state index in [1.54, 1.807) is 30.3 Å². The van der Waals surface area contributed by atoms with Gasteiger partial charge in [0, 0.05) is 5.69 Å². The Morgan fingerprint density at radius 1 is 1.20 bits per heavy atom. The van der Waals surface area contributed by atoms with Gasteiger partial charge in [0.1, 0.15) is 17.3 Å².